The molecule has 0 amide bonds. The molecule has 8 heteroatoms. The average Bonchev–Trinajstić information content (AvgIpc) is 2.57. The number of esters is 1. The van der Waals surface area contributed by atoms with E-state index in [0.29, 0.717) is 11.3 Å². The Kier molecular flexibility index (Phi) is 5.80. The van der Waals surface area contributed by atoms with Crippen LogP contribution < -0.4 is 5.32 Å². The zero-order chi connectivity index (χ0) is 17.5. The van der Waals surface area contributed by atoms with Crippen LogP contribution in [0.3, 0.4) is 0 Å². The molecule has 0 fully saturated rings. The van der Waals surface area contributed by atoms with E-state index in [1.165, 1.54) is 30.3 Å². The standard InChI is InChI=1S/C16H15FN2O5/c17-12-3-1-2-11(8-12)10-24-16(21)14-9-13(19(22)23)4-5-15(14)18-6-7-20/h1-5,8-9,18,20H,6-7,10H2. The van der Waals surface area contributed by atoms with Crippen LogP contribution in [0.5, 0.6) is 0 Å². The van der Waals surface area contributed by atoms with Gasteiger partial charge in [-0.15, -0.1) is 0 Å². The molecule has 2 aromatic carbocycles. The van der Waals surface area contributed by atoms with Crippen LogP contribution in [0.4, 0.5) is 15.8 Å². The summed E-state index contributed by atoms with van der Waals surface area (Å²) in [5.74, 6) is -1.24. The molecular formula is C16H15FN2O5. The van der Waals surface area contributed by atoms with Gasteiger partial charge in [-0.2, -0.15) is 0 Å². The summed E-state index contributed by atoms with van der Waals surface area (Å²) in [6, 6.07) is 9.27. The van der Waals surface area contributed by atoms with Gasteiger partial charge in [-0.3, -0.25) is 10.1 Å². The van der Waals surface area contributed by atoms with E-state index in [0.717, 1.165) is 6.07 Å². The number of anilines is 1. The highest BCUT2D eigenvalue weighted by molar-refractivity contribution is 5.96. The normalized spacial score (nSPS) is 10.2. The predicted octanol–water partition coefficient (Wildman–Crippen LogP) is 2.50. The summed E-state index contributed by atoms with van der Waals surface area (Å²) >= 11 is 0. The number of ether oxygens (including phenoxy) is 1. The summed E-state index contributed by atoms with van der Waals surface area (Å²) in [5, 5.41) is 22.5. The first-order chi connectivity index (χ1) is 11.5. The van der Waals surface area contributed by atoms with Crippen molar-refractivity contribution in [1.82, 2.24) is 0 Å². The minimum atomic E-state index is -0.789. The maximum atomic E-state index is 13.1. The first kappa shape index (κ1) is 17.4. The van der Waals surface area contributed by atoms with Gasteiger partial charge in [-0.25, -0.2) is 9.18 Å². The van der Waals surface area contributed by atoms with Crippen LogP contribution in [-0.2, 0) is 11.3 Å². The zero-order valence-corrected chi connectivity index (χ0v) is 12.6. The molecule has 0 atom stereocenters. The Hall–Kier alpha value is -3.00. The van der Waals surface area contributed by atoms with E-state index in [1.807, 2.05) is 0 Å². The van der Waals surface area contributed by atoms with Crippen molar-refractivity contribution in [2.24, 2.45) is 0 Å². The third kappa shape index (κ3) is 4.50. The molecule has 24 heavy (non-hydrogen) atoms. The van der Waals surface area contributed by atoms with E-state index in [1.54, 1.807) is 6.07 Å². The molecule has 0 aliphatic carbocycles. The Morgan fingerprint density at radius 3 is 2.75 bits per heavy atom. The molecule has 0 radical (unpaired) electrons. The maximum Gasteiger partial charge on any atom is 0.340 e. The molecule has 0 bridgehead atoms. The summed E-state index contributed by atoms with van der Waals surface area (Å²) in [4.78, 5) is 22.5. The Morgan fingerprint density at radius 1 is 1.29 bits per heavy atom. The van der Waals surface area contributed by atoms with Gasteiger partial charge in [0.25, 0.3) is 5.69 Å². The van der Waals surface area contributed by atoms with Crippen LogP contribution in [0.1, 0.15) is 15.9 Å². The molecule has 126 valence electrons. The molecule has 2 aromatic rings. The third-order valence-corrected chi connectivity index (χ3v) is 3.12. The van der Waals surface area contributed by atoms with Gasteiger partial charge in [-0.05, 0) is 23.8 Å². The summed E-state index contributed by atoms with van der Waals surface area (Å²) < 4.78 is 18.2. The second kappa shape index (κ2) is 8.02. The lowest BCUT2D eigenvalue weighted by Gasteiger charge is -2.11. The van der Waals surface area contributed by atoms with Crippen molar-refractivity contribution in [3.63, 3.8) is 0 Å². The molecule has 0 saturated heterocycles. The first-order valence-electron chi connectivity index (χ1n) is 7.06. The van der Waals surface area contributed by atoms with Gasteiger partial charge in [0.2, 0.25) is 0 Å². The maximum absolute atomic E-state index is 13.1. The van der Waals surface area contributed by atoms with Crippen molar-refractivity contribution in [3.05, 3.63) is 69.5 Å². The molecule has 2 rings (SSSR count). The monoisotopic (exact) mass is 334 g/mol. The van der Waals surface area contributed by atoms with Gasteiger partial charge in [-0.1, -0.05) is 12.1 Å². The number of hydrogen-bond acceptors (Lipinski definition) is 6. The fourth-order valence-electron chi connectivity index (χ4n) is 2.01. The minimum absolute atomic E-state index is 0.0333. The summed E-state index contributed by atoms with van der Waals surface area (Å²) in [5.41, 5.74) is 0.467. The van der Waals surface area contributed by atoms with E-state index >= 15 is 0 Å². The van der Waals surface area contributed by atoms with Crippen LogP contribution >= 0.6 is 0 Å². The van der Waals surface area contributed by atoms with Gasteiger partial charge >= 0.3 is 5.97 Å². The molecule has 7 nitrogen and oxygen atoms in total. The Labute approximate surface area is 136 Å². The fourth-order valence-corrected chi connectivity index (χ4v) is 2.01. The van der Waals surface area contributed by atoms with Crippen molar-refractivity contribution in [2.75, 3.05) is 18.5 Å². The Balaban J connectivity index is 2.18. The Morgan fingerprint density at radius 2 is 2.08 bits per heavy atom. The lowest BCUT2D eigenvalue weighted by molar-refractivity contribution is -0.384. The van der Waals surface area contributed by atoms with E-state index < -0.39 is 16.7 Å². The summed E-state index contributed by atoms with van der Waals surface area (Å²) in [7, 11) is 0. The fraction of sp³-hybridized carbons (Fsp3) is 0.188. The van der Waals surface area contributed by atoms with Gasteiger partial charge < -0.3 is 15.2 Å². The smallest absolute Gasteiger partial charge is 0.340 e. The van der Waals surface area contributed by atoms with Crippen LogP contribution in [-0.4, -0.2) is 29.2 Å². The molecule has 2 N–H and O–H groups in total. The number of nitrogens with zero attached hydrogens (tertiary/aromatic N) is 1. The number of nitro benzene ring substituents is 1. The first-order valence-corrected chi connectivity index (χ1v) is 7.06. The second-order valence-electron chi connectivity index (χ2n) is 4.84. The number of nitrogens with one attached hydrogen (secondary N) is 1. The van der Waals surface area contributed by atoms with Gasteiger partial charge in [0.15, 0.2) is 0 Å². The molecule has 0 aromatic heterocycles. The lowest BCUT2D eigenvalue weighted by atomic mass is 10.1. The molecule has 0 unspecified atom stereocenters. The van der Waals surface area contributed by atoms with Crippen molar-refractivity contribution in [2.45, 2.75) is 6.61 Å². The van der Waals surface area contributed by atoms with Crippen molar-refractivity contribution < 1.29 is 24.0 Å². The van der Waals surface area contributed by atoms with E-state index in [-0.39, 0.29) is 31.0 Å². The van der Waals surface area contributed by atoms with Gasteiger partial charge in [0, 0.05) is 24.4 Å². The highest BCUT2D eigenvalue weighted by Crippen LogP contribution is 2.23. The number of carbonyl (C=O) groups excluding carboxylic acids is 1. The number of rotatable bonds is 7. The number of non-ortho nitro benzene ring substituents is 1. The number of aliphatic hydroxyl groups is 1. The van der Waals surface area contributed by atoms with E-state index in [4.69, 9.17) is 9.84 Å². The van der Waals surface area contributed by atoms with Crippen molar-refractivity contribution in [1.29, 1.82) is 0 Å². The number of aliphatic hydroxyl groups excluding tert-OH is 1. The third-order valence-electron chi connectivity index (χ3n) is 3.12. The molecule has 0 spiro atoms. The zero-order valence-electron chi connectivity index (χ0n) is 12.6. The van der Waals surface area contributed by atoms with Crippen LogP contribution in [0.25, 0.3) is 0 Å². The SMILES string of the molecule is O=C(OCc1cccc(F)c1)c1cc([N+](=O)[O-])ccc1NCCO. The number of nitro groups is 1. The lowest BCUT2D eigenvalue weighted by Crippen LogP contribution is -2.13. The van der Waals surface area contributed by atoms with Crippen molar-refractivity contribution >= 4 is 17.3 Å². The number of halogens is 1. The van der Waals surface area contributed by atoms with Crippen LogP contribution in [0.15, 0.2) is 42.5 Å². The minimum Gasteiger partial charge on any atom is -0.457 e. The Bertz CT molecular complexity index is 751. The number of carbonyl (C=O) groups is 1. The van der Waals surface area contributed by atoms with Crippen LogP contribution in [0.2, 0.25) is 0 Å². The molecule has 0 heterocycles. The van der Waals surface area contributed by atoms with E-state index in [9.17, 15) is 19.3 Å². The molecular weight excluding hydrogens is 319 g/mol. The highest BCUT2D eigenvalue weighted by Gasteiger charge is 2.18. The van der Waals surface area contributed by atoms with E-state index in [2.05, 4.69) is 5.32 Å². The number of benzene rings is 2. The van der Waals surface area contributed by atoms with Crippen molar-refractivity contribution in [3.8, 4) is 0 Å². The summed E-state index contributed by atoms with van der Waals surface area (Å²) in [6.07, 6.45) is 0. The van der Waals surface area contributed by atoms with Gasteiger partial charge in [0.1, 0.15) is 12.4 Å². The predicted molar refractivity (Wildman–Crippen MR) is 84.2 cm³/mol. The quantitative estimate of drug-likeness (QED) is 0.458. The topological polar surface area (TPSA) is 102 Å². The molecule has 0 aliphatic rings. The largest absolute Gasteiger partial charge is 0.457 e. The molecule has 0 saturated carbocycles. The number of hydrogen-bond donors (Lipinski definition) is 2. The molecule has 0 aliphatic heterocycles. The summed E-state index contributed by atoms with van der Waals surface area (Å²) in [6.45, 7) is -0.171. The van der Waals surface area contributed by atoms with Gasteiger partial charge in [0.05, 0.1) is 17.1 Å². The average molecular weight is 334 g/mol. The highest BCUT2D eigenvalue weighted by atomic mass is 19.1. The second-order valence-corrected chi connectivity index (χ2v) is 4.84. The van der Waals surface area contributed by atoms with Crippen LogP contribution in [0, 0.1) is 15.9 Å².